The Morgan fingerprint density at radius 2 is 1.92 bits per heavy atom. The van der Waals surface area contributed by atoms with Crippen LogP contribution in [0.3, 0.4) is 0 Å². The number of nitro benzene ring substituents is 1. The highest BCUT2D eigenvalue weighted by Crippen LogP contribution is 2.31. The average molecular weight is 353 g/mol. The van der Waals surface area contributed by atoms with Gasteiger partial charge < -0.3 is 9.94 Å². The SMILES string of the molecule is COc1ccc(NS(=O)(=O)c2c[n+]([O-])c(C)cc2C)c([N+](=O)[O-])c1. The lowest BCUT2D eigenvalue weighted by molar-refractivity contribution is -0.614. The number of hydrogen-bond donors (Lipinski definition) is 1. The molecule has 10 heteroatoms. The van der Waals surface area contributed by atoms with E-state index in [0.29, 0.717) is 16.0 Å². The van der Waals surface area contributed by atoms with Gasteiger partial charge in [-0.15, -0.1) is 0 Å². The molecule has 0 fully saturated rings. The van der Waals surface area contributed by atoms with E-state index in [2.05, 4.69) is 4.72 Å². The van der Waals surface area contributed by atoms with Crippen LogP contribution >= 0.6 is 0 Å². The minimum Gasteiger partial charge on any atom is -0.618 e. The third kappa shape index (κ3) is 3.38. The van der Waals surface area contributed by atoms with Crippen LogP contribution in [0.5, 0.6) is 5.75 Å². The number of hydrogen-bond acceptors (Lipinski definition) is 6. The van der Waals surface area contributed by atoms with Crippen LogP contribution in [0.4, 0.5) is 11.4 Å². The first-order valence-electron chi connectivity index (χ1n) is 6.71. The second kappa shape index (κ2) is 6.32. The molecule has 1 heterocycles. The summed E-state index contributed by atoms with van der Waals surface area (Å²) in [6, 6.07) is 5.14. The van der Waals surface area contributed by atoms with Crippen molar-refractivity contribution in [2.45, 2.75) is 18.7 Å². The summed E-state index contributed by atoms with van der Waals surface area (Å²) in [6.07, 6.45) is 0.919. The van der Waals surface area contributed by atoms with Crippen molar-refractivity contribution in [3.63, 3.8) is 0 Å². The number of anilines is 1. The molecule has 2 rings (SSSR count). The maximum absolute atomic E-state index is 12.5. The van der Waals surface area contributed by atoms with Crippen molar-refractivity contribution in [3.05, 3.63) is 57.0 Å². The Kier molecular flexibility index (Phi) is 4.60. The topological polar surface area (TPSA) is 125 Å². The highest BCUT2D eigenvalue weighted by Gasteiger charge is 2.25. The number of nitro groups is 1. The van der Waals surface area contributed by atoms with E-state index >= 15 is 0 Å². The van der Waals surface area contributed by atoms with E-state index in [1.807, 2.05) is 0 Å². The van der Waals surface area contributed by atoms with Gasteiger partial charge in [0.2, 0.25) is 6.20 Å². The average Bonchev–Trinajstić information content (AvgIpc) is 2.50. The van der Waals surface area contributed by atoms with Crippen LogP contribution in [0.15, 0.2) is 35.4 Å². The lowest BCUT2D eigenvalue weighted by Gasteiger charge is -2.11. The number of ether oxygens (including phenoxy) is 1. The Hall–Kier alpha value is -2.88. The first-order chi connectivity index (χ1) is 11.2. The number of aromatic nitrogens is 1. The number of aryl methyl sites for hydroxylation is 2. The molecule has 9 nitrogen and oxygen atoms in total. The van der Waals surface area contributed by atoms with E-state index < -0.39 is 20.6 Å². The lowest BCUT2D eigenvalue weighted by atomic mass is 10.2. The summed E-state index contributed by atoms with van der Waals surface area (Å²) in [5, 5.41) is 22.8. The molecule has 128 valence electrons. The monoisotopic (exact) mass is 353 g/mol. The summed E-state index contributed by atoms with van der Waals surface area (Å²) in [5.74, 6) is 0.216. The van der Waals surface area contributed by atoms with Crippen molar-refractivity contribution in [1.82, 2.24) is 0 Å². The van der Waals surface area contributed by atoms with E-state index in [0.717, 1.165) is 12.3 Å². The molecule has 24 heavy (non-hydrogen) atoms. The van der Waals surface area contributed by atoms with Crippen molar-refractivity contribution in [2.75, 3.05) is 11.8 Å². The molecule has 0 saturated heterocycles. The molecule has 0 aliphatic heterocycles. The van der Waals surface area contributed by atoms with E-state index in [1.54, 1.807) is 0 Å². The van der Waals surface area contributed by atoms with Gasteiger partial charge in [0.15, 0.2) is 10.6 Å². The zero-order chi connectivity index (χ0) is 18.1. The smallest absolute Gasteiger partial charge is 0.297 e. The Bertz CT molecular complexity index is 911. The summed E-state index contributed by atoms with van der Waals surface area (Å²) in [4.78, 5) is 10.2. The van der Waals surface area contributed by atoms with Crippen LogP contribution in [0.2, 0.25) is 0 Å². The van der Waals surface area contributed by atoms with E-state index in [9.17, 15) is 23.7 Å². The van der Waals surface area contributed by atoms with Gasteiger partial charge in [0.25, 0.3) is 15.7 Å². The maximum atomic E-state index is 12.5. The summed E-state index contributed by atoms with van der Waals surface area (Å²) in [5.41, 5.74) is 0.000978. The largest absolute Gasteiger partial charge is 0.618 e. The van der Waals surface area contributed by atoms with Crippen molar-refractivity contribution >= 4 is 21.4 Å². The molecular formula is C14H15N3O6S. The number of methoxy groups -OCH3 is 1. The molecule has 0 bridgehead atoms. The zero-order valence-corrected chi connectivity index (χ0v) is 14.0. The van der Waals surface area contributed by atoms with Crippen molar-refractivity contribution in [3.8, 4) is 5.75 Å². The third-order valence-electron chi connectivity index (χ3n) is 3.33. The van der Waals surface area contributed by atoms with Crippen molar-refractivity contribution in [1.29, 1.82) is 0 Å². The Labute approximate surface area is 138 Å². The number of nitrogens with zero attached hydrogens (tertiary/aromatic N) is 2. The first kappa shape index (κ1) is 17.5. The number of nitrogens with one attached hydrogen (secondary N) is 1. The fourth-order valence-electron chi connectivity index (χ4n) is 2.12. The predicted molar refractivity (Wildman–Crippen MR) is 85.3 cm³/mol. The normalized spacial score (nSPS) is 11.1. The van der Waals surface area contributed by atoms with Gasteiger partial charge in [0.1, 0.15) is 11.4 Å². The molecular weight excluding hydrogens is 338 g/mol. The Balaban J connectivity index is 2.51. The van der Waals surface area contributed by atoms with Gasteiger partial charge in [-0.05, 0) is 24.6 Å². The van der Waals surface area contributed by atoms with Crippen LogP contribution < -0.4 is 14.2 Å². The minimum atomic E-state index is -4.17. The molecule has 0 amide bonds. The fourth-order valence-corrected chi connectivity index (χ4v) is 3.40. The lowest BCUT2D eigenvalue weighted by Crippen LogP contribution is -2.32. The molecule has 0 atom stereocenters. The van der Waals surface area contributed by atoms with E-state index in [1.165, 1.54) is 39.2 Å². The molecule has 2 aromatic rings. The number of sulfonamides is 1. The molecule has 0 saturated carbocycles. The predicted octanol–water partition coefficient (Wildman–Crippen LogP) is 1.65. The molecule has 1 aromatic heterocycles. The summed E-state index contributed by atoms with van der Waals surface area (Å²) >= 11 is 0. The Morgan fingerprint density at radius 3 is 2.50 bits per heavy atom. The van der Waals surface area contributed by atoms with E-state index in [4.69, 9.17) is 4.74 Å². The van der Waals surface area contributed by atoms with E-state index in [-0.39, 0.29) is 16.3 Å². The molecule has 0 aliphatic carbocycles. The van der Waals surface area contributed by atoms with Gasteiger partial charge in [-0.25, -0.2) is 8.42 Å². The summed E-state index contributed by atoms with van der Waals surface area (Å²) in [6.45, 7) is 3.07. The molecule has 1 N–H and O–H groups in total. The molecule has 1 aromatic carbocycles. The quantitative estimate of drug-likeness (QED) is 0.377. The van der Waals surface area contributed by atoms with Crippen LogP contribution in [0.1, 0.15) is 11.3 Å². The third-order valence-corrected chi connectivity index (χ3v) is 4.83. The maximum Gasteiger partial charge on any atom is 0.297 e. The zero-order valence-electron chi connectivity index (χ0n) is 13.1. The molecule has 0 aliphatic rings. The van der Waals surface area contributed by atoms with Crippen LogP contribution in [0, 0.1) is 29.2 Å². The Morgan fingerprint density at radius 1 is 1.25 bits per heavy atom. The van der Waals surface area contributed by atoms with Crippen LogP contribution in [-0.4, -0.2) is 20.5 Å². The summed E-state index contributed by atoms with van der Waals surface area (Å²) in [7, 11) is -2.84. The minimum absolute atomic E-state index is 0.216. The van der Waals surface area contributed by atoms with Crippen molar-refractivity contribution in [2.24, 2.45) is 0 Å². The van der Waals surface area contributed by atoms with Gasteiger partial charge >= 0.3 is 0 Å². The molecule has 0 radical (unpaired) electrons. The molecule has 0 spiro atoms. The van der Waals surface area contributed by atoms with Gasteiger partial charge in [0, 0.05) is 13.0 Å². The van der Waals surface area contributed by atoms with Crippen LogP contribution in [-0.2, 0) is 10.0 Å². The van der Waals surface area contributed by atoms with Gasteiger partial charge in [0.05, 0.1) is 18.1 Å². The van der Waals surface area contributed by atoms with Crippen LogP contribution in [0.25, 0.3) is 0 Å². The number of rotatable bonds is 5. The fraction of sp³-hybridized carbons (Fsp3) is 0.214. The highest BCUT2D eigenvalue weighted by molar-refractivity contribution is 7.92. The highest BCUT2D eigenvalue weighted by atomic mass is 32.2. The second-order valence-corrected chi connectivity index (χ2v) is 6.68. The van der Waals surface area contributed by atoms with Crippen molar-refractivity contribution < 1.29 is 22.8 Å². The van der Waals surface area contributed by atoms with Gasteiger partial charge in [-0.3, -0.25) is 14.8 Å². The molecule has 0 unspecified atom stereocenters. The standard InChI is InChI=1S/C14H15N3O6S/c1-9-6-10(2)16(18)8-14(9)24(21,22)15-12-5-4-11(23-3)7-13(12)17(19)20/h4-8,15H,1-3H3. The first-order valence-corrected chi connectivity index (χ1v) is 8.19. The second-order valence-electron chi connectivity index (χ2n) is 5.03. The summed E-state index contributed by atoms with van der Waals surface area (Å²) < 4.78 is 32.5. The van der Waals surface area contributed by atoms with Gasteiger partial charge in [-0.1, -0.05) is 0 Å². The number of benzene rings is 1. The van der Waals surface area contributed by atoms with Gasteiger partial charge in [-0.2, -0.15) is 4.73 Å². The number of pyridine rings is 1.